The summed E-state index contributed by atoms with van der Waals surface area (Å²) >= 11 is 0. The minimum Gasteiger partial charge on any atom is -0.340 e. The molecule has 0 saturated carbocycles. The smallest absolute Gasteiger partial charge is 0.340 e. The van der Waals surface area contributed by atoms with Gasteiger partial charge in [0.25, 0.3) is 5.78 Å². The molecule has 0 saturated heterocycles. The van der Waals surface area contributed by atoms with Crippen LogP contribution in [-0.2, 0) is 6.54 Å². The molecule has 0 radical (unpaired) electrons. The van der Waals surface area contributed by atoms with E-state index in [9.17, 15) is 4.79 Å². The van der Waals surface area contributed by atoms with Crippen LogP contribution in [0.25, 0.3) is 5.78 Å². The van der Waals surface area contributed by atoms with Crippen LogP contribution < -0.4 is 11.0 Å². The summed E-state index contributed by atoms with van der Waals surface area (Å²) in [6.07, 6.45) is 0. The van der Waals surface area contributed by atoms with Gasteiger partial charge < -0.3 is 5.32 Å². The highest BCUT2D eigenvalue weighted by molar-refractivity contribution is 5.60. The van der Waals surface area contributed by atoms with E-state index in [1.807, 2.05) is 13.0 Å². The summed E-state index contributed by atoms with van der Waals surface area (Å²) in [5.41, 5.74) is 4.03. The largest absolute Gasteiger partial charge is 0.351 e. The van der Waals surface area contributed by atoms with Gasteiger partial charge in [-0.25, -0.2) is 13.9 Å². The molecular weight excluding hydrogens is 302 g/mol. The van der Waals surface area contributed by atoms with Gasteiger partial charge in [0.05, 0.1) is 0 Å². The van der Waals surface area contributed by atoms with Crippen molar-refractivity contribution in [1.29, 1.82) is 0 Å². The molecule has 6 heteroatoms. The maximum atomic E-state index is 12.4. The number of benzene rings is 1. The molecule has 0 atom stereocenters. The number of hydrogen-bond acceptors (Lipinski definition) is 4. The first kappa shape index (κ1) is 16.2. The summed E-state index contributed by atoms with van der Waals surface area (Å²) in [5.74, 6) is 1.46. The molecule has 126 valence electrons. The summed E-state index contributed by atoms with van der Waals surface area (Å²) in [5, 5.41) is 7.68. The standard InChI is InChI=1S/C18H23N5O/c1-11(2)10-22-18(24)23-14(5)9-16(20-17(23)21-22)19-15-7-12(3)6-13(4)8-15/h6-9,11H,10H2,1-5H3,(H,19,20,21). The molecular formula is C18H23N5O. The van der Waals surface area contributed by atoms with Gasteiger partial charge in [-0.2, -0.15) is 4.98 Å². The normalized spacial score (nSPS) is 11.4. The van der Waals surface area contributed by atoms with Gasteiger partial charge in [0.2, 0.25) is 0 Å². The van der Waals surface area contributed by atoms with Crippen LogP contribution in [0.1, 0.15) is 30.7 Å². The first-order chi connectivity index (χ1) is 11.3. The second-order valence-electron chi connectivity index (χ2n) is 6.78. The zero-order valence-corrected chi connectivity index (χ0v) is 14.8. The van der Waals surface area contributed by atoms with Crippen molar-refractivity contribution in [3.8, 4) is 0 Å². The maximum absolute atomic E-state index is 12.4. The lowest BCUT2D eigenvalue weighted by Gasteiger charge is -2.09. The summed E-state index contributed by atoms with van der Waals surface area (Å²) in [6, 6.07) is 8.13. The number of aromatic nitrogens is 4. The van der Waals surface area contributed by atoms with Gasteiger partial charge in [0, 0.05) is 24.0 Å². The Morgan fingerprint density at radius 2 is 1.75 bits per heavy atom. The lowest BCUT2D eigenvalue weighted by Crippen LogP contribution is -2.24. The van der Waals surface area contributed by atoms with Crippen LogP contribution in [-0.4, -0.2) is 19.2 Å². The van der Waals surface area contributed by atoms with Gasteiger partial charge in [0.15, 0.2) is 0 Å². The fourth-order valence-electron chi connectivity index (χ4n) is 2.90. The number of hydrogen-bond donors (Lipinski definition) is 1. The molecule has 0 aliphatic heterocycles. The Labute approximate surface area is 141 Å². The molecule has 1 aromatic carbocycles. The summed E-state index contributed by atoms with van der Waals surface area (Å²) in [6.45, 7) is 10.7. The van der Waals surface area contributed by atoms with Crippen LogP contribution in [0.2, 0.25) is 0 Å². The Balaban J connectivity index is 2.02. The number of anilines is 2. The number of rotatable bonds is 4. The van der Waals surface area contributed by atoms with Crippen molar-refractivity contribution in [2.24, 2.45) is 5.92 Å². The van der Waals surface area contributed by atoms with E-state index in [4.69, 9.17) is 0 Å². The maximum Gasteiger partial charge on any atom is 0.351 e. The summed E-state index contributed by atoms with van der Waals surface area (Å²) in [4.78, 5) is 16.9. The van der Waals surface area contributed by atoms with Gasteiger partial charge in [-0.05, 0) is 49.9 Å². The molecule has 0 spiro atoms. The van der Waals surface area contributed by atoms with E-state index in [1.54, 1.807) is 4.40 Å². The lowest BCUT2D eigenvalue weighted by molar-refractivity contribution is 0.471. The molecule has 6 nitrogen and oxygen atoms in total. The average molecular weight is 325 g/mol. The molecule has 0 aliphatic carbocycles. The fourth-order valence-corrected chi connectivity index (χ4v) is 2.90. The Kier molecular flexibility index (Phi) is 4.13. The van der Waals surface area contributed by atoms with Crippen molar-refractivity contribution in [2.45, 2.75) is 41.2 Å². The van der Waals surface area contributed by atoms with E-state index in [2.05, 4.69) is 61.3 Å². The fraction of sp³-hybridized carbons (Fsp3) is 0.389. The minimum atomic E-state index is -0.137. The molecule has 1 N–H and O–H groups in total. The number of nitrogens with zero attached hydrogens (tertiary/aromatic N) is 4. The molecule has 2 aromatic heterocycles. The van der Waals surface area contributed by atoms with E-state index in [0.717, 1.165) is 11.4 Å². The molecule has 0 fully saturated rings. The average Bonchev–Trinajstić information content (AvgIpc) is 2.73. The summed E-state index contributed by atoms with van der Waals surface area (Å²) < 4.78 is 3.04. The van der Waals surface area contributed by atoms with Gasteiger partial charge in [-0.1, -0.05) is 19.9 Å². The minimum absolute atomic E-state index is 0.137. The van der Waals surface area contributed by atoms with Crippen LogP contribution in [0.3, 0.4) is 0 Å². The zero-order valence-electron chi connectivity index (χ0n) is 14.8. The number of fused-ring (bicyclic) bond motifs is 1. The first-order valence-electron chi connectivity index (χ1n) is 8.16. The van der Waals surface area contributed by atoms with Crippen LogP contribution >= 0.6 is 0 Å². The Bertz CT molecular complexity index is 932. The molecule has 0 aliphatic rings. The Morgan fingerprint density at radius 1 is 1.08 bits per heavy atom. The van der Waals surface area contributed by atoms with E-state index in [0.29, 0.717) is 24.1 Å². The van der Waals surface area contributed by atoms with Gasteiger partial charge in [-0.3, -0.25) is 0 Å². The van der Waals surface area contributed by atoms with Crippen molar-refractivity contribution in [1.82, 2.24) is 19.2 Å². The summed E-state index contributed by atoms with van der Waals surface area (Å²) in [7, 11) is 0. The third-order valence-corrected chi connectivity index (χ3v) is 3.77. The molecule has 2 heterocycles. The van der Waals surface area contributed by atoms with E-state index < -0.39 is 0 Å². The molecule has 24 heavy (non-hydrogen) atoms. The van der Waals surface area contributed by atoms with Crippen LogP contribution in [0, 0.1) is 26.7 Å². The highest BCUT2D eigenvalue weighted by Crippen LogP contribution is 2.19. The van der Waals surface area contributed by atoms with Crippen LogP contribution in [0.5, 0.6) is 0 Å². The lowest BCUT2D eigenvalue weighted by atomic mass is 10.1. The number of aryl methyl sites for hydroxylation is 3. The quantitative estimate of drug-likeness (QED) is 0.800. The van der Waals surface area contributed by atoms with E-state index >= 15 is 0 Å². The molecule has 0 unspecified atom stereocenters. The predicted octanol–water partition coefficient (Wildman–Crippen LogP) is 3.22. The molecule has 3 aromatic rings. The highest BCUT2D eigenvalue weighted by Gasteiger charge is 2.12. The van der Waals surface area contributed by atoms with Gasteiger partial charge in [-0.15, -0.1) is 5.10 Å². The topological polar surface area (TPSA) is 64.2 Å². The number of nitrogens with one attached hydrogen (secondary N) is 1. The van der Waals surface area contributed by atoms with E-state index in [1.165, 1.54) is 15.8 Å². The highest BCUT2D eigenvalue weighted by atomic mass is 16.2. The molecule has 0 amide bonds. The van der Waals surface area contributed by atoms with Crippen LogP contribution in [0.15, 0.2) is 29.1 Å². The van der Waals surface area contributed by atoms with Crippen LogP contribution in [0.4, 0.5) is 11.5 Å². The molecule has 3 rings (SSSR count). The second kappa shape index (κ2) is 6.11. The predicted molar refractivity (Wildman–Crippen MR) is 96.0 cm³/mol. The van der Waals surface area contributed by atoms with Crippen molar-refractivity contribution >= 4 is 17.3 Å². The second-order valence-corrected chi connectivity index (χ2v) is 6.78. The van der Waals surface area contributed by atoms with Gasteiger partial charge >= 0.3 is 5.69 Å². The Morgan fingerprint density at radius 3 is 2.38 bits per heavy atom. The Hall–Kier alpha value is -2.63. The van der Waals surface area contributed by atoms with Crippen molar-refractivity contribution in [3.63, 3.8) is 0 Å². The third-order valence-electron chi connectivity index (χ3n) is 3.77. The molecule has 0 bridgehead atoms. The first-order valence-corrected chi connectivity index (χ1v) is 8.16. The SMILES string of the molecule is Cc1cc(C)cc(Nc2cc(C)n3c(=O)n(CC(C)C)nc3n2)c1. The zero-order chi connectivity index (χ0) is 17.4. The van der Waals surface area contributed by atoms with E-state index in [-0.39, 0.29) is 5.69 Å². The van der Waals surface area contributed by atoms with Crippen molar-refractivity contribution < 1.29 is 0 Å². The third kappa shape index (κ3) is 3.18. The van der Waals surface area contributed by atoms with Gasteiger partial charge in [0.1, 0.15) is 5.82 Å². The van der Waals surface area contributed by atoms with Crippen molar-refractivity contribution in [2.75, 3.05) is 5.32 Å². The van der Waals surface area contributed by atoms with Crippen molar-refractivity contribution in [3.05, 3.63) is 51.6 Å². The monoisotopic (exact) mass is 325 g/mol.